The summed E-state index contributed by atoms with van der Waals surface area (Å²) in [6, 6.07) is 18.0. The van der Waals surface area contributed by atoms with E-state index in [1.807, 2.05) is 42.5 Å². The van der Waals surface area contributed by atoms with E-state index < -0.39 is 0 Å². The van der Waals surface area contributed by atoms with Crippen molar-refractivity contribution in [3.05, 3.63) is 65.7 Å². The van der Waals surface area contributed by atoms with Crippen LogP contribution >= 0.6 is 0 Å². The van der Waals surface area contributed by atoms with Crippen molar-refractivity contribution in [2.45, 2.75) is 52.0 Å². The zero-order valence-corrected chi connectivity index (χ0v) is 21.3. The summed E-state index contributed by atoms with van der Waals surface area (Å²) in [4.78, 5) is 14.9. The Morgan fingerprint density at radius 2 is 1.94 bits per heavy atom. The van der Waals surface area contributed by atoms with Crippen molar-refractivity contribution < 1.29 is 14.3 Å². The zero-order valence-electron chi connectivity index (χ0n) is 21.3. The number of ether oxygens (including phenoxy) is 2. The second-order valence-electron chi connectivity index (χ2n) is 9.78. The highest BCUT2D eigenvalue weighted by Gasteiger charge is 2.36. The lowest BCUT2D eigenvalue weighted by Crippen LogP contribution is -2.48. The van der Waals surface area contributed by atoms with Gasteiger partial charge in [0.05, 0.1) is 13.3 Å². The molecule has 0 radical (unpaired) electrons. The summed E-state index contributed by atoms with van der Waals surface area (Å²) in [7, 11) is 1.66. The number of amides is 1. The van der Waals surface area contributed by atoms with E-state index >= 15 is 0 Å². The van der Waals surface area contributed by atoms with Gasteiger partial charge in [-0.3, -0.25) is 4.79 Å². The number of methoxy groups -OCH3 is 1. The van der Waals surface area contributed by atoms with E-state index in [1.54, 1.807) is 13.3 Å². The highest BCUT2D eigenvalue weighted by molar-refractivity contribution is 5.89. The van der Waals surface area contributed by atoms with E-state index in [0.29, 0.717) is 11.7 Å². The molecular weight excluding hydrogens is 438 g/mol. The molecule has 0 saturated heterocycles. The van der Waals surface area contributed by atoms with Crippen LogP contribution in [0.1, 0.15) is 57.6 Å². The normalized spacial score (nSPS) is 16.8. The standard InChI is InChI=1S/C29H35N3O3/c1-6-14-32-25-16-27(34-5)22(15-24(25)20(2)17-29(32,3)4)18-30-31-28(33)19-35-26-13-9-11-21-10-7-8-12-23(21)26/h7-13,15-16,18,20H,6,14,17,19H2,1-5H3,(H,31,33)/b30-18+. The minimum Gasteiger partial charge on any atom is -0.496 e. The molecule has 6 nitrogen and oxygen atoms in total. The van der Waals surface area contributed by atoms with Crippen molar-refractivity contribution in [1.82, 2.24) is 5.43 Å². The summed E-state index contributed by atoms with van der Waals surface area (Å²) in [6.07, 6.45) is 3.80. The van der Waals surface area contributed by atoms with Gasteiger partial charge in [-0.25, -0.2) is 5.43 Å². The van der Waals surface area contributed by atoms with Crippen LogP contribution < -0.4 is 19.8 Å². The number of benzene rings is 3. The Bertz CT molecular complexity index is 1230. The maximum Gasteiger partial charge on any atom is 0.277 e. The molecule has 1 N–H and O–H groups in total. The number of hydrogen-bond donors (Lipinski definition) is 1. The Kier molecular flexibility index (Phi) is 7.29. The zero-order chi connectivity index (χ0) is 25.0. The fraction of sp³-hybridized carbons (Fsp3) is 0.379. The van der Waals surface area contributed by atoms with Crippen molar-refractivity contribution in [2.24, 2.45) is 5.10 Å². The van der Waals surface area contributed by atoms with Crippen molar-refractivity contribution in [3.63, 3.8) is 0 Å². The average Bonchev–Trinajstić information content (AvgIpc) is 2.84. The number of carbonyl (C=O) groups excluding carboxylic acids is 1. The van der Waals surface area contributed by atoms with Gasteiger partial charge in [0.2, 0.25) is 0 Å². The molecule has 0 saturated carbocycles. The van der Waals surface area contributed by atoms with E-state index in [1.165, 1.54) is 11.3 Å². The Balaban J connectivity index is 1.47. The van der Waals surface area contributed by atoms with Crippen LogP contribution in [0.25, 0.3) is 10.8 Å². The number of rotatable bonds is 8. The third-order valence-corrected chi connectivity index (χ3v) is 6.69. The Morgan fingerprint density at radius 1 is 1.17 bits per heavy atom. The summed E-state index contributed by atoms with van der Waals surface area (Å²) < 4.78 is 11.4. The molecule has 4 rings (SSSR count). The molecule has 1 heterocycles. The molecule has 1 atom stereocenters. The van der Waals surface area contributed by atoms with Crippen LogP contribution in [0.2, 0.25) is 0 Å². The molecule has 184 valence electrons. The van der Waals surface area contributed by atoms with Crippen molar-refractivity contribution in [2.75, 3.05) is 25.2 Å². The van der Waals surface area contributed by atoms with Gasteiger partial charge in [-0.1, -0.05) is 50.2 Å². The molecule has 1 unspecified atom stereocenters. The number of hydrogen-bond acceptors (Lipinski definition) is 5. The molecule has 0 aromatic heterocycles. The van der Waals surface area contributed by atoms with Gasteiger partial charge >= 0.3 is 0 Å². The SMILES string of the molecule is CCCN1c2cc(OC)c(/C=N/NC(=O)COc3cccc4ccccc34)cc2C(C)CC1(C)C. The van der Waals surface area contributed by atoms with Crippen LogP contribution in [0.3, 0.4) is 0 Å². The predicted octanol–water partition coefficient (Wildman–Crippen LogP) is 5.88. The van der Waals surface area contributed by atoms with Gasteiger partial charge in [-0.15, -0.1) is 0 Å². The van der Waals surface area contributed by atoms with E-state index in [9.17, 15) is 4.79 Å². The molecule has 35 heavy (non-hydrogen) atoms. The van der Waals surface area contributed by atoms with Gasteiger partial charge in [-0.2, -0.15) is 5.10 Å². The molecule has 1 aliphatic rings. The first-order valence-electron chi connectivity index (χ1n) is 12.3. The maximum absolute atomic E-state index is 12.4. The molecule has 6 heteroatoms. The summed E-state index contributed by atoms with van der Waals surface area (Å²) in [6.45, 7) is 9.96. The number of fused-ring (bicyclic) bond motifs is 2. The van der Waals surface area contributed by atoms with Crippen LogP contribution in [-0.2, 0) is 4.79 Å². The Labute approximate surface area is 207 Å². The lowest BCUT2D eigenvalue weighted by Gasteiger charge is -2.47. The van der Waals surface area contributed by atoms with E-state index in [2.05, 4.69) is 55.3 Å². The van der Waals surface area contributed by atoms with Gasteiger partial charge in [0, 0.05) is 34.8 Å². The minimum absolute atomic E-state index is 0.0844. The van der Waals surface area contributed by atoms with E-state index in [4.69, 9.17) is 9.47 Å². The molecule has 3 aromatic carbocycles. The van der Waals surface area contributed by atoms with Gasteiger partial charge in [-0.05, 0) is 55.7 Å². The smallest absolute Gasteiger partial charge is 0.277 e. The van der Waals surface area contributed by atoms with Crippen LogP contribution in [0.4, 0.5) is 5.69 Å². The molecule has 0 bridgehead atoms. The first-order valence-corrected chi connectivity index (χ1v) is 12.3. The van der Waals surface area contributed by atoms with Crippen LogP contribution in [0.15, 0.2) is 59.7 Å². The highest BCUT2D eigenvalue weighted by atomic mass is 16.5. The Hall–Kier alpha value is -3.54. The third-order valence-electron chi connectivity index (χ3n) is 6.69. The number of carbonyl (C=O) groups is 1. The van der Waals surface area contributed by atoms with Crippen LogP contribution in [0, 0.1) is 0 Å². The minimum atomic E-state index is -0.324. The van der Waals surface area contributed by atoms with Crippen molar-refractivity contribution in [3.8, 4) is 11.5 Å². The number of nitrogens with zero attached hydrogens (tertiary/aromatic N) is 2. The van der Waals surface area contributed by atoms with E-state index in [0.717, 1.165) is 41.5 Å². The molecule has 0 aliphatic carbocycles. The lowest BCUT2D eigenvalue weighted by molar-refractivity contribution is -0.123. The quantitative estimate of drug-likeness (QED) is 0.328. The topological polar surface area (TPSA) is 63.2 Å². The van der Waals surface area contributed by atoms with Crippen molar-refractivity contribution >= 4 is 28.6 Å². The number of nitrogens with one attached hydrogen (secondary N) is 1. The third kappa shape index (κ3) is 5.26. The first-order chi connectivity index (χ1) is 16.8. The van der Waals surface area contributed by atoms with Crippen LogP contribution in [0.5, 0.6) is 11.5 Å². The maximum atomic E-state index is 12.4. The lowest BCUT2D eigenvalue weighted by atomic mass is 9.79. The largest absolute Gasteiger partial charge is 0.496 e. The monoisotopic (exact) mass is 473 g/mol. The van der Waals surface area contributed by atoms with Gasteiger partial charge in [0.1, 0.15) is 11.5 Å². The summed E-state index contributed by atoms with van der Waals surface area (Å²) in [5.41, 5.74) is 6.00. The first kappa shape index (κ1) is 24.6. The summed E-state index contributed by atoms with van der Waals surface area (Å²) >= 11 is 0. The molecule has 0 fully saturated rings. The van der Waals surface area contributed by atoms with Gasteiger partial charge in [0.15, 0.2) is 6.61 Å². The highest BCUT2D eigenvalue weighted by Crippen LogP contribution is 2.45. The fourth-order valence-corrected chi connectivity index (χ4v) is 5.12. The van der Waals surface area contributed by atoms with Crippen LogP contribution in [-0.4, -0.2) is 37.9 Å². The molecule has 0 spiro atoms. The predicted molar refractivity (Wildman–Crippen MR) is 143 cm³/mol. The number of anilines is 1. The summed E-state index contributed by atoms with van der Waals surface area (Å²) in [5.74, 6) is 1.50. The molecular formula is C29H35N3O3. The fourth-order valence-electron chi connectivity index (χ4n) is 5.12. The molecule has 3 aromatic rings. The van der Waals surface area contributed by atoms with Gasteiger partial charge < -0.3 is 14.4 Å². The molecule has 1 amide bonds. The van der Waals surface area contributed by atoms with Crippen molar-refractivity contribution in [1.29, 1.82) is 0 Å². The van der Waals surface area contributed by atoms with E-state index in [-0.39, 0.29) is 18.1 Å². The molecule has 1 aliphatic heterocycles. The Morgan fingerprint density at radius 3 is 2.71 bits per heavy atom. The second kappa shape index (κ2) is 10.4. The van der Waals surface area contributed by atoms with Gasteiger partial charge in [0.25, 0.3) is 5.91 Å². The number of hydrazone groups is 1. The average molecular weight is 474 g/mol. The summed E-state index contributed by atoms with van der Waals surface area (Å²) in [5, 5.41) is 6.22. The second-order valence-corrected chi connectivity index (χ2v) is 9.78.